The SMILES string of the molecule is Cc1cc2c(cc1-c1c3ccc(C(C)C)cc3cc(C)[n+]1C)C(C)(C)c1ccccc1-2. The molecule has 0 N–H and O–H groups in total. The second-order valence-corrected chi connectivity index (χ2v) is 10.1. The molecule has 0 unspecified atom stereocenters. The largest absolute Gasteiger partial charge is 0.220 e. The summed E-state index contributed by atoms with van der Waals surface area (Å²) in [6, 6.07) is 23.1. The fourth-order valence-electron chi connectivity index (χ4n) is 5.39. The van der Waals surface area contributed by atoms with E-state index in [9.17, 15) is 0 Å². The van der Waals surface area contributed by atoms with E-state index in [-0.39, 0.29) is 5.41 Å². The molecule has 0 saturated heterocycles. The number of aryl methyl sites for hydroxylation is 2. The van der Waals surface area contributed by atoms with Gasteiger partial charge in [0.05, 0.1) is 10.9 Å². The molecule has 0 bridgehead atoms. The molecule has 5 rings (SSSR count). The van der Waals surface area contributed by atoms with Gasteiger partial charge in [-0.25, -0.2) is 0 Å². The van der Waals surface area contributed by atoms with Crippen molar-refractivity contribution in [2.75, 3.05) is 0 Å². The molecule has 1 aromatic heterocycles. The molecule has 1 nitrogen and oxygen atoms in total. The van der Waals surface area contributed by atoms with Gasteiger partial charge in [0.2, 0.25) is 5.69 Å². The highest BCUT2D eigenvalue weighted by molar-refractivity contribution is 5.95. The van der Waals surface area contributed by atoms with Crippen molar-refractivity contribution < 1.29 is 4.57 Å². The van der Waals surface area contributed by atoms with Crippen LogP contribution in [0.2, 0.25) is 0 Å². The van der Waals surface area contributed by atoms with E-state index in [0.29, 0.717) is 5.92 Å². The number of aromatic nitrogens is 1. The summed E-state index contributed by atoms with van der Waals surface area (Å²) in [7, 11) is 2.20. The number of nitrogens with zero attached hydrogens (tertiary/aromatic N) is 1. The minimum Gasteiger partial charge on any atom is -0.198 e. The Labute approximate surface area is 186 Å². The summed E-state index contributed by atoms with van der Waals surface area (Å²) < 4.78 is 2.36. The minimum absolute atomic E-state index is 0.0113. The number of hydrogen-bond donors (Lipinski definition) is 0. The molecule has 156 valence electrons. The highest BCUT2D eigenvalue weighted by Gasteiger charge is 2.36. The number of pyridine rings is 1. The van der Waals surface area contributed by atoms with E-state index in [1.165, 1.54) is 61.1 Å². The number of rotatable bonds is 2. The summed E-state index contributed by atoms with van der Waals surface area (Å²) in [5.41, 5.74) is 12.3. The van der Waals surface area contributed by atoms with Crippen LogP contribution >= 0.6 is 0 Å². The van der Waals surface area contributed by atoms with E-state index in [2.05, 4.69) is 114 Å². The normalized spacial score (nSPS) is 14.2. The lowest BCUT2D eigenvalue weighted by atomic mass is 9.81. The maximum Gasteiger partial charge on any atom is 0.220 e. The van der Waals surface area contributed by atoms with Gasteiger partial charge in [-0.05, 0) is 63.7 Å². The van der Waals surface area contributed by atoms with Gasteiger partial charge in [0, 0.05) is 18.4 Å². The fraction of sp³-hybridized carbons (Fsp3) is 0.300. The van der Waals surface area contributed by atoms with Crippen molar-refractivity contribution >= 4 is 10.8 Å². The molecular weight excluding hydrogens is 374 g/mol. The van der Waals surface area contributed by atoms with Crippen LogP contribution in [0, 0.1) is 13.8 Å². The molecule has 0 atom stereocenters. The number of fused-ring (bicyclic) bond motifs is 4. The first-order valence-corrected chi connectivity index (χ1v) is 11.4. The predicted molar refractivity (Wildman–Crippen MR) is 132 cm³/mol. The minimum atomic E-state index is 0.0113. The van der Waals surface area contributed by atoms with Crippen molar-refractivity contribution in [3.8, 4) is 22.4 Å². The van der Waals surface area contributed by atoms with Gasteiger partial charge in [0.25, 0.3) is 0 Å². The Hall–Kier alpha value is -2.93. The fourth-order valence-corrected chi connectivity index (χ4v) is 5.39. The van der Waals surface area contributed by atoms with Gasteiger partial charge in [-0.3, -0.25) is 0 Å². The van der Waals surface area contributed by atoms with E-state index < -0.39 is 0 Å². The first-order valence-electron chi connectivity index (χ1n) is 11.4. The summed E-state index contributed by atoms with van der Waals surface area (Å²) in [5, 5.41) is 2.66. The quantitative estimate of drug-likeness (QED) is 0.306. The average Bonchev–Trinajstić information content (AvgIpc) is 2.95. The van der Waals surface area contributed by atoms with Gasteiger partial charge in [0.15, 0.2) is 5.69 Å². The van der Waals surface area contributed by atoms with Crippen LogP contribution in [0.4, 0.5) is 0 Å². The molecule has 3 aromatic carbocycles. The van der Waals surface area contributed by atoms with Crippen LogP contribution in [-0.4, -0.2) is 0 Å². The van der Waals surface area contributed by atoms with Crippen molar-refractivity contribution in [3.05, 3.63) is 88.6 Å². The average molecular weight is 407 g/mol. The van der Waals surface area contributed by atoms with E-state index >= 15 is 0 Å². The lowest BCUT2D eigenvalue weighted by Gasteiger charge is -2.22. The van der Waals surface area contributed by atoms with Gasteiger partial charge in [-0.1, -0.05) is 70.2 Å². The second-order valence-electron chi connectivity index (χ2n) is 10.1. The molecule has 4 aromatic rings. The van der Waals surface area contributed by atoms with Gasteiger partial charge in [-0.15, -0.1) is 0 Å². The van der Waals surface area contributed by atoms with Gasteiger partial charge in [0.1, 0.15) is 7.05 Å². The monoisotopic (exact) mass is 406 g/mol. The van der Waals surface area contributed by atoms with Crippen LogP contribution < -0.4 is 4.57 Å². The Morgan fingerprint density at radius 3 is 2.26 bits per heavy atom. The zero-order valence-electron chi connectivity index (χ0n) is 19.8. The summed E-state index contributed by atoms with van der Waals surface area (Å²) in [6.45, 7) is 13.7. The molecule has 0 radical (unpaired) electrons. The Morgan fingerprint density at radius 1 is 0.774 bits per heavy atom. The summed E-state index contributed by atoms with van der Waals surface area (Å²) in [4.78, 5) is 0. The smallest absolute Gasteiger partial charge is 0.198 e. The number of hydrogen-bond acceptors (Lipinski definition) is 0. The van der Waals surface area contributed by atoms with Gasteiger partial charge >= 0.3 is 0 Å². The van der Waals surface area contributed by atoms with Crippen LogP contribution in [0.25, 0.3) is 33.2 Å². The molecule has 0 saturated carbocycles. The Bertz CT molecular complexity index is 1350. The third-order valence-electron chi connectivity index (χ3n) is 7.41. The maximum absolute atomic E-state index is 2.47. The molecular formula is C30H32N+. The molecule has 0 spiro atoms. The number of benzene rings is 3. The molecule has 0 aliphatic heterocycles. The van der Waals surface area contributed by atoms with Gasteiger partial charge in [-0.2, -0.15) is 4.57 Å². The third kappa shape index (κ3) is 2.86. The Balaban J connectivity index is 1.82. The zero-order valence-corrected chi connectivity index (χ0v) is 19.8. The molecule has 1 aliphatic carbocycles. The van der Waals surface area contributed by atoms with E-state index in [1.54, 1.807) is 0 Å². The summed E-state index contributed by atoms with van der Waals surface area (Å²) in [5.74, 6) is 0.531. The molecule has 0 amide bonds. The van der Waals surface area contributed by atoms with Crippen LogP contribution in [0.1, 0.15) is 61.6 Å². The second kappa shape index (κ2) is 6.79. The van der Waals surface area contributed by atoms with Crippen LogP contribution in [0.15, 0.2) is 60.7 Å². The van der Waals surface area contributed by atoms with Crippen molar-refractivity contribution in [1.29, 1.82) is 0 Å². The highest BCUT2D eigenvalue weighted by Crippen LogP contribution is 2.50. The van der Waals surface area contributed by atoms with E-state index in [1.807, 2.05) is 0 Å². The lowest BCUT2D eigenvalue weighted by molar-refractivity contribution is -0.665. The zero-order chi connectivity index (χ0) is 22.1. The molecule has 1 aliphatic rings. The first-order chi connectivity index (χ1) is 14.7. The Kier molecular flexibility index (Phi) is 4.38. The van der Waals surface area contributed by atoms with Crippen LogP contribution in [0.5, 0.6) is 0 Å². The van der Waals surface area contributed by atoms with Crippen molar-refractivity contribution in [1.82, 2.24) is 0 Å². The maximum atomic E-state index is 2.47. The first kappa shape index (κ1) is 20.0. The third-order valence-corrected chi connectivity index (χ3v) is 7.41. The lowest BCUT2D eigenvalue weighted by Crippen LogP contribution is -2.35. The standard InChI is InChI=1S/C30H32N/c1-18(2)21-12-13-23-22(16-21)15-20(4)31(7)29(23)25-17-28-26(14-19(25)3)24-10-8-9-11-27(24)30(28,5)6/h8-18H,1-7H3/q+1. The van der Waals surface area contributed by atoms with Crippen LogP contribution in [-0.2, 0) is 12.5 Å². The van der Waals surface area contributed by atoms with Crippen LogP contribution in [0.3, 0.4) is 0 Å². The van der Waals surface area contributed by atoms with Crippen molar-refractivity contribution in [2.24, 2.45) is 7.05 Å². The molecule has 0 fully saturated rings. The molecule has 1 heterocycles. The summed E-state index contributed by atoms with van der Waals surface area (Å²) >= 11 is 0. The molecule has 31 heavy (non-hydrogen) atoms. The van der Waals surface area contributed by atoms with Crippen molar-refractivity contribution in [2.45, 2.75) is 52.9 Å². The van der Waals surface area contributed by atoms with Crippen molar-refractivity contribution in [3.63, 3.8) is 0 Å². The molecule has 1 heteroatoms. The Morgan fingerprint density at radius 2 is 1.52 bits per heavy atom. The van der Waals surface area contributed by atoms with E-state index in [0.717, 1.165) is 0 Å². The topological polar surface area (TPSA) is 3.88 Å². The predicted octanol–water partition coefficient (Wildman–Crippen LogP) is 7.38. The van der Waals surface area contributed by atoms with E-state index in [4.69, 9.17) is 0 Å². The highest BCUT2D eigenvalue weighted by atomic mass is 14.9. The summed E-state index contributed by atoms with van der Waals surface area (Å²) in [6.07, 6.45) is 0. The van der Waals surface area contributed by atoms with Gasteiger partial charge < -0.3 is 0 Å².